The molecule has 0 radical (unpaired) electrons. The molecule has 0 spiro atoms. The number of anilines is 2. The first-order valence-corrected chi connectivity index (χ1v) is 7.38. The molecule has 0 aliphatic rings. The highest BCUT2D eigenvalue weighted by Crippen LogP contribution is 2.15. The molecule has 120 valence electrons. The van der Waals surface area contributed by atoms with Gasteiger partial charge in [-0.05, 0) is 36.4 Å². The van der Waals surface area contributed by atoms with E-state index in [1.807, 2.05) is 0 Å². The van der Waals surface area contributed by atoms with Gasteiger partial charge in [-0.1, -0.05) is 29.8 Å². The Hall–Kier alpha value is -3.12. The molecule has 1 heterocycles. The standard InChI is InChI=1S/C17H12ClN3O3/c18-12-6-8-13(9-7-12)19-16(23)14-10-24-17(20-14)21-15(22)11-4-2-1-3-5-11/h1-10H,(H,19,23)(H,20,21,22). The van der Waals surface area contributed by atoms with Crippen LogP contribution < -0.4 is 10.6 Å². The minimum absolute atomic E-state index is 0.0494. The molecule has 7 heteroatoms. The number of nitrogens with one attached hydrogen (secondary N) is 2. The van der Waals surface area contributed by atoms with Gasteiger partial charge in [-0.25, -0.2) is 0 Å². The van der Waals surface area contributed by atoms with E-state index < -0.39 is 5.91 Å². The number of amides is 2. The van der Waals surface area contributed by atoms with Gasteiger partial charge in [0, 0.05) is 16.3 Å². The van der Waals surface area contributed by atoms with Crippen molar-refractivity contribution < 1.29 is 14.0 Å². The van der Waals surface area contributed by atoms with Gasteiger partial charge in [-0.2, -0.15) is 4.98 Å². The summed E-state index contributed by atoms with van der Waals surface area (Å²) in [5, 5.41) is 5.71. The molecule has 0 aliphatic heterocycles. The SMILES string of the molecule is O=C(Nc1nc(C(=O)Nc2ccc(Cl)cc2)co1)c1ccccc1. The summed E-state index contributed by atoms with van der Waals surface area (Å²) in [6.45, 7) is 0. The van der Waals surface area contributed by atoms with E-state index in [-0.39, 0.29) is 17.6 Å². The number of nitrogens with zero attached hydrogens (tertiary/aromatic N) is 1. The molecular weight excluding hydrogens is 330 g/mol. The molecule has 3 rings (SSSR count). The fourth-order valence-electron chi connectivity index (χ4n) is 1.92. The minimum Gasteiger partial charge on any atom is -0.431 e. The smallest absolute Gasteiger partial charge is 0.302 e. The Morgan fingerprint density at radius 3 is 2.33 bits per heavy atom. The zero-order valence-electron chi connectivity index (χ0n) is 12.3. The lowest BCUT2D eigenvalue weighted by molar-refractivity contribution is 0.101. The maximum Gasteiger partial charge on any atom is 0.302 e. The quantitative estimate of drug-likeness (QED) is 0.755. The first-order valence-electron chi connectivity index (χ1n) is 7.00. The molecule has 0 saturated heterocycles. The summed E-state index contributed by atoms with van der Waals surface area (Å²) in [5.41, 5.74) is 1.08. The number of carbonyl (C=O) groups excluding carboxylic acids is 2. The number of halogens is 1. The summed E-state index contributed by atoms with van der Waals surface area (Å²) >= 11 is 5.79. The third-order valence-electron chi connectivity index (χ3n) is 3.10. The van der Waals surface area contributed by atoms with Gasteiger partial charge in [0.2, 0.25) is 0 Å². The lowest BCUT2D eigenvalue weighted by atomic mass is 10.2. The molecule has 3 aromatic rings. The van der Waals surface area contributed by atoms with Crippen molar-refractivity contribution in [2.45, 2.75) is 0 Å². The lowest BCUT2D eigenvalue weighted by Crippen LogP contribution is -2.14. The van der Waals surface area contributed by atoms with Crippen molar-refractivity contribution in [3.05, 3.63) is 77.1 Å². The first kappa shape index (κ1) is 15.8. The van der Waals surface area contributed by atoms with Gasteiger partial charge >= 0.3 is 6.01 Å². The zero-order chi connectivity index (χ0) is 16.9. The largest absolute Gasteiger partial charge is 0.431 e. The third kappa shape index (κ3) is 3.80. The Morgan fingerprint density at radius 2 is 1.62 bits per heavy atom. The maximum absolute atomic E-state index is 12.1. The Kier molecular flexibility index (Phi) is 4.58. The van der Waals surface area contributed by atoms with Gasteiger partial charge in [0.15, 0.2) is 5.69 Å². The molecule has 0 aliphatic carbocycles. The minimum atomic E-state index is -0.457. The topological polar surface area (TPSA) is 84.2 Å². The summed E-state index contributed by atoms with van der Waals surface area (Å²) in [4.78, 5) is 28.0. The fraction of sp³-hybridized carbons (Fsp3) is 0. The molecular formula is C17H12ClN3O3. The zero-order valence-corrected chi connectivity index (χ0v) is 13.1. The van der Waals surface area contributed by atoms with Crippen LogP contribution in [0.25, 0.3) is 0 Å². The van der Waals surface area contributed by atoms with Gasteiger partial charge in [-0.15, -0.1) is 0 Å². The van der Waals surface area contributed by atoms with Gasteiger partial charge in [-0.3, -0.25) is 14.9 Å². The van der Waals surface area contributed by atoms with Crippen molar-refractivity contribution in [1.82, 2.24) is 4.98 Å². The monoisotopic (exact) mass is 341 g/mol. The second-order valence-corrected chi connectivity index (χ2v) is 5.26. The second-order valence-electron chi connectivity index (χ2n) is 4.82. The molecule has 1 aromatic heterocycles. The molecule has 0 saturated carbocycles. The highest BCUT2D eigenvalue weighted by molar-refractivity contribution is 6.30. The summed E-state index contributed by atoms with van der Waals surface area (Å²) in [6, 6.07) is 15.2. The predicted octanol–water partition coefficient (Wildman–Crippen LogP) is 3.83. The number of benzene rings is 2. The maximum atomic E-state index is 12.1. The molecule has 6 nitrogen and oxygen atoms in total. The number of oxazole rings is 1. The van der Waals surface area contributed by atoms with Crippen LogP contribution in [0.1, 0.15) is 20.8 Å². The number of hydrogen-bond acceptors (Lipinski definition) is 4. The average molecular weight is 342 g/mol. The summed E-state index contributed by atoms with van der Waals surface area (Å²) in [5.74, 6) is -0.830. The average Bonchev–Trinajstić information content (AvgIpc) is 3.06. The first-order chi connectivity index (χ1) is 11.6. The van der Waals surface area contributed by atoms with Crippen LogP contribution >= 0.6 is 11.6 Å². The van der Waals surface area contributed by atoms with Crippen LogP contribution in [0.3, 0.4) is 0 Å². The molecule has 2 aromatic carbocycles. The summed E-state index contributed by atoms with van der Waals surface area (Å²) < 4.78 is 5.11. The molecule has 2 amide bonds. The predicted molar refractivity (Wildman–Crippen MR) is 90.3 cm³/mol. The van der Waals surface area contributed by atoms with Crippen molar-refractivity contribution in [3.63, 3.8) is 0 Å². The Labute approximate surface area is 142 Å². The van der Waals surface area contributed by atoms with Crippen molar-refractivity contribution in [1.29, 1.82) is 0 Å². The molecule has 24 heavy (non-hydrogen) atoms. The highest BCUT2D eigenvalue weighted by atomic mass is 35.5. The summed E-state index contributed by atoms with van der Waals surface area (Å²) in [6.07, 6.45) is 1.17. The number of aromatic nitrogens is 1. The number of carbonyl (C=O) groups is 2. The third-order valence-corrected chi connectivity index (χ3v) is 3.35. The van der Waals surface area contributed by atoms with Crippen molar-refractivity contribution in [3.8, 4) is 0 Å². The van der Waals surface area contributed by atoms with Crippen molar-refractivity contribution >= 4 is 35.1 Å². The van der Waals surface area contributed by atoms with Crippen LogP contribution in [0.15, 0.2) is 65.3 Å². The summed E-state index contributed by atoms with van der Waals surface area (Å²) in [7, 11) is 0. The molecule has 0 atom stereocenters. The van der Waals surface area contributed by atoms with Gasteiger partial charge < -0.3 is 9.73 Å². The van der Waals surface area contributed by atoms with E-state index in [9.17, 15) is 9.59 Å². The van der Waals surface area contributed by atoms with Gasteiger partial charge in [0.05, 0.1) is 0 Å². The van der Waals surface area contributed by atoms with E-state index in [0.717, 1.165) is 0 Å². The van der Waals surface area contributed by atoms with Crippen LogP contribution in [0.5, 0.6) is 0 Å². The van der Waals surface area contributed by atoms with E-state index in [0.29, 0.717) is 16.3 Å². The Balaban J connectivity index is 1.65. The van der Waals surface area contributed by atoms with Crippen LogP contribution in [0, 0.1) is 0 Å². The van der Waals surface area contributed by atoms with E-state index in [1.165, 1.54) is 6.26 Å². The van der Waals surface area contributed by atoms with Crippen molar-refractivity contribution in [2.75, 3.05) is 10.6 Å². The number of hydrogen-bond donors (Lipinski definition) is 2. The second kappa shape index (κ2) is 6.97. The fourth-order valence-corrected chi connectivity index (χ4v) is 2.05. The van der Waals surface area contributed by atoms with Crippen LogP contribution in [0.2, 0.25) is 5.02 Å². The lowest BCUT2D eigenvalue weighted by Gasteiger charge is -2.02. The Bertz CT molecular complexity index is 860. The van der Waals surface area contributed by atoms with E-state index in [4.69, 9.17) is 16.0 Å². The van der Waals surface area contributed by atoms with Crippen LogP contribution in [-0.4, -0.2) is 16.8 Å². The molecule has 0 unspecified atom stereocenters. The van der Waals surface area contributed by atoms with Gasteiger partial charge in [0.1, 0.15) is 6.26 Å². The van der Waals surface area contributed by atoms with Crippen LogP contribution in [-0.2, 0) is 0 Å². The van der Waals surface area contributed by atoms with E-state index >= 15 is 0 Å². The number of rotatable bonds is 4. The van der Waals surface area contributed by atoms with Crippen LogP contribution in [0.4, 0.5) is 11.7 Å². The molecule has 2 N–H and O–H groups in total. The van der Waals surface area contributed by atoms with E-state index in [1.54, 1.807) is 54.6 Å². The van der Waals surface area contributed by atoms with Gasteiger partial charge in [0.25, 0.3) is 11.8 Å². The Morgan fingerprint density at radius 1 is 0.917 bits per heavy atom. The molecule has 0 bridgehead atoms. The molecule has 0 fully saturated rings. The highest BCUT2D eigenvalue weighted by Gasteiger charge is 2.15. The normalized spacial score (nSPS) is 10.2. The van der Waals surface area contributed by atoms with Crippen molar-refractivity contribution in [2.24, 2.45) is 0 Å². The van der Waals surface area contributed by atoms with E-state index in [2.05, 4.69) is 15.6 Å².